The second kappa shape index (κ2) is 26.7. The first kappa shape index (κ1) is 64.8. The number of aryl methyl sites for hydroxylation is 1. The van der Waals surface area contributed by atoms with Crippen molar-refractivity contribution >= 4 is 85.9 Å². The van der Waals surface area contributed by atoms with Crippen LogP contribution >= 0.6 is 0 Å². The Hall–Kier alpha value is -11.8. The van der Waals surface area contributed by atoms with Gasteiger partial charge in [-0.05, 0) is 110 Å². The summed E-state index contributed by atoms with van der Waals surface area (Å²) in [6.45, 7) is 8.20. The molecule has 102 heavy (non-hydrogen) atoms. The van der Waals surface area contributed by atoms with E-state index in [1.54, 1.807) is 49.6 Å². The van der Waals surface area contributed by atoms with Crippen molar-refractivity contribution in [3.63, 3.8) is 0 Å². The summed E-state index contributed by atoms with van der Waals surface area (Å²) >= 11 is 0. The summed E-state index contributed by atoms with van der Waals surface area (Å²) in [6, 6.07) is 28.1. The number of nitrogens with zero attached hydrogens (tertiary/aromatic N) is 14. The first-order chi connectivity index (χ1) is 49.6. The van der Waals surface area contributed by atoms with E-state index in [1.807, 2.05) is 117 Å². The van der Waals surface area contributed by atoms with E-state index in [0.717, 1.165) is 129 Å². The second-order valence-corrected chi connectivity index (χ2v) is 27.0. The Balaban J connectivity index is 0.000000119. The van der Waals surface area contributed by atoms with Crippen LogP contribution in [0, 0.1) is 11.2 Å². The molecule has 16 heterocycles. The summed E-state index contributed by atoms with van der Waals surface area (Å²) < 4.78 is 32.9. The van der Waals surface area contributed by atoms with E-state index in [2.05, 4.69) is 91.6 Å². The van der Waals surface area contributed by atoms with Crippen molar-refractivity contribution in [1.29, 1.82) is 0 Å². The van der Waals surface area contributed by atoms with Gasteiger partial charge in [-0.15, -0.1) is 0 Å². The van der Waals surface area contributed by atoms with Gasteiger partial charge in [0, 0.05) is 149 Å². The van der Waals surface area contributed by atoms with E-state index in [-0.39, 0.29) is 48.5 Å². The molecule has 3 fully saturated rings. The highest BCUT2D eigenvalue weighted by atomic mass is 19.1. The molecule has 27 heteroatoms. The number of nitrogens with one attached hydrogen (secondary N) is 6. The number of carbonyl (C=O) groups is 3. The van der Waals surface area contributed by atoms with Crippen LogP contribution in [-0.2, 0) is 26.7 Å². The number of likely N-dealkylation sites (N-methyl/N-ethyl adjacent to an activating group) is 1. The number of amides is 3. The predicted octanol–water partition coefficient (Wildman–Crippen LogP) is 9.85. The van der Waals surface area contributed by atoms with Crippen LogP contribution in [0.4, 0.5) is 54.7 Å². The number of aromatic nitrogens is 11. The Kier molecular flexibility index (Phi) is 17.0. The Morgan fingerprint density at radius 1 is 0.588 bits per heavy atom. The van der Waals surface area contributed by atoms with Gasteiger partial charge in [0.05, 0.1) is 99.4 Å². The molecule has 25 nitrogen and oxygen atoms in total. The molecule has 0 bridgehead atoms. The summed E-state index contributed by atoms with van der Waals surface area (Å²) in [4.78, 5) is 80.7. The molecule has 0 radical (unpaired) electrons. The van der Waals surface area contributed by atoms with Gasteiger partial charge in [0.2, 0.25) is 0 Å². The maximum absolute atomic E-state index is 13.6. The number of imidazole rings is 2. The fourth-order valence-corrected chi connectivity index (χ4v) is 14.5. The Morgan fingerprint density at radius 2 is 1.22 bits per heavy atom. The number of fused-ring (bicyclic) bond motifs is 6. The first-order valence-corrected chi connectivity index (χ1v) is 33.9. The number of halogens is 2. The highest BCUT2D eigenvalue weighted by molar-refractivity contribution is 6.08. The van der Waals surface area contributed by atoms with Crippen molar-refractivity contribution in [3.05, 3.63) is 204 Å². The number of likely N-dealkylation sites (tertiary alicyclic amines) is 1. The van der Waals surface area contributed by atoms with Crippen LogP contribution in [0.2, 0.25) is 0 Å². The topological polar surface area (TPSA) is 290 Å². The molecule has 0 spiro atoms. The molecule has 2 aromatic carbocycles. The zero-order valence-corrected chi connectivity index (χ0v) is 56.1. The molecule has 516 valence electrons. The van der Waals surface area contributed by atoms with Crippen LogP contribution < -0.4 is 41.7 Å². The van der Waals surface area contributed by atoms with E-state index in [9.17, 15) is 33.4 Å². The zero-order valence-electron chi connectivity index (χ0n) is 56.1. The normalized spacial score (nSPS) is 17.6. The number of hydrogen-bond donors (Lipinski definition) is 8. The number of carbonyl (C=O) groups excluding carboxylic acids is 3. The summed E-state index contributed by atoms with van der Waals surface area (Å²) in [6.07, 6.45) is 19.4. The highest BCUT2D eigenvalue weighted by Gasteiger charge is 2.34. The molecular formula is C75H72F2N20O5. The molecule has 10 aromatic heterocycles. The van der Waals surface area contributed by atoms with Crippen molar-refractivity contribution in [2.24, 2.45) is 12.5 Å². The number of benzene rings is 2. The van der Waals surface area contributed by atoms with Gasteiger partial charge in [-0.2, -0.15) is 0 Å². The Bertz CT molecular complexity index is 5240. The zero-order chi connectivity index (χ0) is 69.9. The Labute approximate surface area is 583 Å². The van der Waals surface area contributed by atoms with E-state index >= 15 is 0 Å². The smallest absolute Gasteiger partial charge is 0.254 e. The molecule has 2 atom stereocenters. The van der Waals surface area contributed by atoms with Crippen molar-refractivity contribution in [3.8, 4) is 33.8 Å². The van der Waals surface area contributed by atoms with E-state index < -0.39 is 12.3 Å². The summed E-state index contributed by atoms with van der Waals surface area (Å²) in [7, 11) is 4.08. The van der Waals surface area contributed by atoms with Gasteiger partial charge < -0.3 is 61.4 Å². The lowest BCUT2D eigenvalue weighted by molar-refractivity contribution is 0.0645. The standard InChI is InChI=1S/C27H27FN6O2.C24H22FN7O2.C24H23N7O/c1-27(16-35)7-10-33(11-8-27)18-2-5-23(29-13-18)32-21-4-3-19(20-14-31-26(36)25(20)21)22-15-30-24-12-17(28)6-9-34(22)24;25-17-5-7-31(13-20(17)33)14-1-4-21(27-9-14)30-18-3-2-15(16-10-29-24(34)23(16)18)19-11-28-22-12-26-6-8-32(19)22;1-30-12-14(13-30)18-4-3-5-20(28-18)29-19-11-26-22(17-10-27-24(32)21(17)19)15-6-8-25-23-16(15)7-9-31(23)2/h2-6,9,12-13,15,35H,7-8,10-11,14,16H2,1H3,(H,29,32)(H,31,36);1-4,6,8-9,11-12,17,20,33H,5,7,10,13H2,(H,27,30)(H,29,34);3-9,11,14H,10,12-13H2,1-2H3,(H,27,32)(H,28,29)/t;17-,20-;/m.1./s1. The van der Waals surface area contributed by atoms with Gasteiger partial charge in [0.25, 0.3) is 17.7 Å². The minimum atomic E-state index is -1.18. The molecular weight excluding hydrogens is 1300 g/mol. The average molecular weight is 1370 g/mol. The van der Waals surface area contributed by atoms with E-state index in [0.29, 0.717) is 83.1 Å². The third-order valence-corrected chi connectivity index (χ3v) is 20.3. The van der Waals surface area contributed by atoms with Crippen LogP contribution in [-0.4, -0.2) is 151 Å². The summed E-state index contributed by atoms with van der Waals surface area (Å²) in [5.74, 6) is 1.68. The number of piperidine rings is 2. The van der Waals surface area contributed by atoms with Gasteiger partial charge in [0.15, 0.2) is 5.65 Å². The van der Waals surface area contributed by atoms with Crippen molar-refractivity contribution in [1.82, 2.24) is 74.1 Å². The summed E-state index contributed by atoms with van der Waals surface area (Å²) in [5.41, 5.74) is 16.8. The Morgan fingerprint density at radius 3 is 1.85 bits per heavy atom. The van der Waals surface area contributed by atoms with Crippen LogP contribution in [0.1, 0.15) is 85.6 Å². The minimum absolute atomic E-state index is 0.00203. The van der Waals surface area contributed by atoms with Crippen LogP contribution in [0.25, 0.3) is 56.1 Å². The number of pyridine rings is 6. The number of β-amino-alcohol motifs (C(OH)–C–C–N with tert-alkyl or cyclic N) is 1. The fraction of sp³-hybridized carbons (Fsp3) is 0.267. The molecule has 0 unspecified atom stereocenters. The lowest BCUT2D eigenvalue weighted by Crippen LogP contribution is -2.45. The molecule has 3 amide bonds. The summed E-state index contributed by atoms with van der Waals surface area (Å²) in [5, 5.41) is 39.2. The van der Waals surface area contributed by atoms with Crippen molar-refractivity contribution in [2.75, 3.05) is 78.7 Å². The number of anilines is 8. The number of hydrogen-bond acceptors (Lipinski definition) is 19. The lowest BCUT2D eigenvalue weighted by Gasteiger charge is -2.39. The third kappa shape index (κ3) is 12.3. The van der Waals surface area contributed by atoms with E-state index in [1.165, 1.54) is 12.1 Å². The maximum atomic E-state index is 13.6. The number of rotatable bonds is 13. The maximum Gasteiger partial charge on any atom is 0.254 e. The van der Waals surface area contributed by atoms with Gasteiger partial charge in [0.1, 0.15) is 46.8 Å². The van der Waals surface area contributed by atoms with Gasteiger partial charge in [-0.25, -0.2) is 38.7 Å². The van der Waals surface area contributed by atoms with Crippen molar-refractivity contribution < 1.29 is 33.4 Å². The monoisotopic (exact) mass is 1370 g/mol. The van der Waals surface area contributed by atoms with Crippen LogP contribution in [0.5, 0.6) is 0 Å². The number of aliphatic hydroxyl groups excluding tert-OH is 2. The predicted molar refractivity (Wildman–Crippen MR) is 384 cm³/mol. The highest BCUT2D eigenvalue weighted by Crippen LogP contribution is 2.41. The van der Waals surface area contributed by atoms with Crippen LogP contribution in [0.3, 0.4) is 0 Å². The van der Waals surface area contributed by atoms with E-state index in [4.69, 9.17) is 9.97 Å². The van der Waals surface area contributed by atoms with Gasteiger partial charge in [-0.3, -0.25) is 33.2 Å². The molecule has 0 aliphatic carbocycles. The van der Waals surface area contributed by atoms with Crippen molar-refractivity contribution in [2.45, 2.75) is 64.0 Å². The molecule has 18 rings (SSSR count). The fourth-order valence-electron chi connectivity index (χ4n) is 14.5. The molecule has 6 aliphatic rings. The third-order valence-electron chi connectivity index (χ3n) is 20.3. The first-order valence-electron chi connectivity index (χ1n) is 33.9. The average Bonchev–Trinajstić information content (AvgIpc) is 1.60. The molecule has 12 aromatic rings. The second-order valence-electron chi connectivity index (χ2n) is 27.0. The lowest BCUT2D eigenvalue weighted by atomic mass is 9.81. The van der Waals surface area contributed by atoms with Crippen LogP contribution in [0.15, 0.2) is 159 Å². The molecule has 6 aliphatic heterocycles. The largest absolute Gasteiger partial charge is 0.396 e. The number of aliphatic hydroxyl groups is 2. The molecule has 0 saturated carbocycles. The minimum Gasteiger partial charge on any atom is -0.396 e. The quantitative estimate of drug-likeness (QED) is 0.0533. The SMILES string of the molecule is CC1(CO)CCN(c2ccc(Nc3ccc(-c4cnc5cc(F)ccn45)c4c3C(=O)NC4)nc2)CC1.CN1CC(c2cccc(Nc3cnc(-c4ccnc5c4ccn5C)c4c3C(=O)NC4)n2)C1.O=C1NCc2c(-c3cnc4cnccn34)ccc(Nc3ccc(N4CC[C@@H](F)[C@H](O)C4)cn3)c21. The number of alkyl halides is 1. The molecule has 3 saturated heterocycles. The van der Waals surface area contributed by atoms with Gasteiger partial charge >= 0.3 is 0 Å². The van der Waals surface area contributed by atoms with Gasteiger partial charge in [-0.1, -0.05) is 25.1 Å². The molecule has 8 N–H and O–H groups in total.